The van der Waals surface area contributed by atoms with Crippen molar-refractivity contribution in [2.24, 2.45) is 0 Å². The number of halogens is 2. The molecular formula is C16H23F2NO. The second-order valence-electron chi connectivity index (χ2n) is 5.16. The largest absolute Gasteiger partial charge is 0.336 e. The summed E-state index contributed by atoms with van der Waals surface area (Å²) in [6, 6.07) is 3.91. The van der Waals surface area contributed by atoms with Crippen LogP contribution < -0.4 is 0 Å². The summed E-state index contributed by atoms with van der Waals surface area (Å²) in [4.78, 5) is 13.9. The Kier molecular flexibility index (Phi) is 6.62. The molecule has 20 heavy (non-hydrogen) atoms. The summed E-state index contributed by atoms with van der Waals surface area (Å²) in [7, 11) is 0. The van der Waals surface area contributed by atoms with E-state index in [1.165, 1.54) is 12.1 Å². The third kappa shape index (κ3) is 4.58. The monoisotopic (exact) mass is 283 g/mol. The third-order valence-corrected chi connectivity index (χ3v) is 3.36. The maximum Gasteiger partial charge on any atom is 0.223 e. The van der Waals surface area contributed by atoms with E-state index in [0.29, 0.717) is 18.5 Å². The maximum absolute atomic E-state index is 13.2. The van der Waals surface area contributed by atoms with Gasteiger partial charge in [0.05, 0.1) is 0 Å². The minimum absolute atomic E-state index is 0.0678. The summed E-state index contributed by atoms with van der Waals surface area (Å²) in [6.45, 7) is 6.35. The van der Waals surface area contributed by atoms with Crippen molar-refractivity contribution in [3.8, 4) is 0 Å². The van der Waals surface area contributed by atoms with Gasteiger partial charge in [-0.1, -0.05) is 26.3 Å². The lowest BCUT2D eigenvalue weighted by Gasteiger charge is -2.29. The molecule has 0 N–H and O–H groups in total. The number of amides is 1. The van der Waals surface area contributed by atoms with Crippen molar-refractivity contribution < 1.29 is 13.6 Å². The van der Waals surface area contributed by atoms with Gasteiger partial charge in [-0.05, 0) is 37.5 Å². The van der Waals surface area contributed by atoms with E-state index in [2.05, 4.69) is 6.92 Å². The van der Waals surface area contributed by atoms with E-state index in [1.807, 2.05) is 13.8 Å². The number of carbonyl (C=O) groups excluding carboxylic acids is 1. The van der Waals surface area contributed by atoms with Crippen LogP contribution in [0.5, 0.6) is 0 Å². The molecule has 0 spiro atoms. The van der Waals surface area contributed by atoms with E-state index in [4.69, 9.17) is 0 Å². The number of carbonyl (C=O) groups is 1. The van der Waals surface area contributed by atoms with Crippen molar-refractivity contribution in [3.05, 3.63) is 35.4 Å². The van der Waals surface area contributed by atoms with E-state index in [-0.39, 0.29) is 11.9 Å². The number of rotatable bonds is 7. The average Bonchev–Trinajstić information content (AvgIpc) is 2.40. The standard InChI is InChI=1S/C16H23F2NO/c1-4-6-12(3)19(16(20)7-5-2)11-13-8-9-14(17)15(18)10-13/h8-10,12H,4-7,11H2,1-3H3. The van der Waals surface area contributed by atoms with E-state index in [1.54, 1.807) is 4.90 Å². The Bertz CT molecular complexity index is 448. The molecule has 0 bridgehead atoms. The molecule has 4 heteroatoms. The molecule has 0 aromatic heterocycles. The molecule has 0 heterocycles. The highest BCUT2D eigenvalue weighted by molar-refractivity contribution is 5.76. The highest BCUT2D eigenvalue weighted by Crippen LogP contribution is 2.16. The second kappa shape index (κ2) is 7.98. The van der Waals surface area contributed by atoms with Crippen LogP contribution in [0.3, 0.4) is 0 Å². The van der Waals surface area contributed by atoms with Crippen molar-refractivity contribution in [1.82, 2.24) is 4.90 Å². The van der Waals surface area contributed by atoms with Crippen LogP contribution in [0.4, 0.5) is 8.78 Å². The van der Waals surface area contributed by atoms with Gasteiger partial charge in [0.1, 0.15) is 0 Å². The second-order valence-corrected chi connectivity index (χ2v) is 5.16. The first-order chi connectivity index (χ1) is 9.49. The Balaban J connectivity index is 2.87. The van der Waals surface area contributed by atoms with Crippen LogP contribution in [0.2, 0.25) is 0 Å². The molecule has 112 valence electrons. The zero-order chi connectivity index (χ0) is 15.1. The van der Waals surface area contributed by atoms with Gasteiger partial charge in [0.15, 0.2) is 11.6 Å². The molecule has 0 saturated carbocycles. The molecule has 1 aromatic carbocycles. The van der Waals surface area contributed by atoms with Crippen LogP contribution in [0.1, 0.15) is 52.0 Å². The lowest BCUT2D eigenvalue weighted by atomic mass is 10.1. The lowest BCUT2D eigenvalue weighted by Crippen LogP contribution is -2.37. The minimum atomic E-state index is -0.867. The maximum atomic E-state index is 13.2. The number of benzene rings is 1. The van der Waals surface area contributed by atoms with Gasteiger partial charge in [-0.3, -0.25) is 4.79 Å². The minimum Gasteiger partial charge on any atom is -0.336 e. The molecule has 1 unspecified atom stereocenters. The Morgan fingerprint density at radius 2 is 1.90 bits per heavy atom. The van der Waals surface area contributed by atoms with E-state index < -0.39 is 11.6 Å². The molecule has 0 fully saturated rings. The predicted molar refractivity (Wildman–Crippen MR) is 76.2 cm³/mol. The normalized spacial score (nSPS) is 12.2. The van der Waals surface area contributed by atoms with Crippen molar-refractivity contribution in [2.45, 2.75) is 59.0 Å². The molecule has 1 amide bonds. The number of hydrogen-bond donors (Lipinski definition) is 0. The molecule has 2 nitrogen and oxygen atoms in total. The molecule has 1 aromatic rings. The first-order valence-electron chi connectivity index (χ1n) is 7.23. The van der Waals surface area contributed by atoms with E-state index >= 15 is 0 Å². The molecule has 0 aliphatic carbocycles. The average molecular weight is 283 g/mol. The molecule has 0 radical (unpaired) electrons. The van der Waals surface area contributed by atoms with Crippen molar-refractivity contribution in [2.75, 3.05) is 0 Å². The lowest BCUT2D eigenvalue weighted by molar-refractivity contribution is -0.134. The highest BCUT2D eigenvalue weighted by Gasteiger charge is 2.19. The summed E-state index contributed by atoms with van der Waals surface area (Å²) in [5.74, 6) is -1.66. The van der Waals surface area contributed by atoms with Crippen molar-refractivity contribution in [3.63, 3.8) is 0 Å². The molecule has 0 aliphatic rings. The molecule has 0 aliphatic heterocycles. The van der Waals surface area contributed by atoms with Crippen LogP contribution in [0, 0.1) is 11.6 Å². The summed E-state index contributed by atoms with van der Waals surface area (Å²) >= 11 is 0. The Labute approximate surface area is 119 Å². The third-order valence-electron chi connectivity index (χ3n) is 3.36. The van der Waals surface area contributed by atoms with Gasteiger partial charge in [0.2, 0.25) is 5.91 Å². The van der Waals surface area contributed by atoms with Gasteiger partial charge >= 0.3 is 0 Å². The van der Waals surface area contributed by atoms with Crippen LogP contribution in [-0.2, 0) is 11.3 Å². The Morgan fingerprint density at radius 3 is 2.45 bits per heavy atom. The molecular weight excluding hydrogens is 260 g/mol. The summed E-state index contributed by atoms with van der Waals surface area (Å²) in [5.41, 5.74) is 0.622. The quantitative estimate of drug-likeness (QED) is 0.731. The summed E-state index contributed by atoms with van der Waals surface area (Å²) < 4.78 is 26.2. The van der Waals surface area contributed by atoms with Crippen molar-refractivity contribution in [1.29, 1.82) is 0 Å². The van der Waals surface area contributed by atoms with Gasteiger partial charge in [-0.15, -0.1) is 0 Å². The molecule has 0 saturated heterocycles. The Morgan fingerprint density at radius 1 is 1.20 bits per heavy atom. The summed E-state index contributed by atoms with van der Waals surface area (Å²) in [5, 5.41) is 0. The van der Waals surface area contributed by atoms with Crippen molar-refractivity contribution >= 4 is 5.91 Å². The SMILES string of the molecule is CCCC(=O)N(Cc1ccc(F)c(F)c1)C(C)CCC. The van der Waals surface area contributed by atoms with Crippen LogP contribution in [0.15, 0.2) is 18.2 Å². The fraction of sp³-hybridized carbons (Fsp3) is 0.562. The van der Waals surface area contributed by atoms with Crippen LogP contribution in [0.25, 0.3) is 0 Å². The summed E-state index contributed by atoms with van der Waals surface area (Å²) in [6.07, 6.45) is 3.15. The highest BCUT2D eigenvalue weighted by atomic mass is 19.2. The van der Waals surface area contributed by atoms with Gasteiger partial charge in [-0.25, -0.2) is 8.78 Å². The van der Waals surface area contributed by atoms with Gasteiger partial charge < -0.3 is 4.90 Å². The zero-order valence-corrected chi connectivity index (χ0v) is 12.5. The number of nitrogens with zero attached hydrogens (tertiary/aromatic N) is 1. The fourth-order valence-electron chi connectivity index (χ4n) is 2.26. The first-order valence-corrected chi connectivity index (χ1v) is 7.23. The van der Waals surface area contributed by atoms with Gasteiger partial charge in [-0.2, -0.15) is 0 Å². The van der Waals surface area contributed by atoms with Gasteiger partial charge in [0.25, 0.3) is 0 Å². The topological polar surface area (TPSA) is 20.3 Å². The van der Waals surface area contributed by atoms with E-state index in [0.717, 1.165) is 25.3 Å². The predicted octanol–water partition coefficient (Wildman–Crippen LogP) is 4.28. The smallest absolute Gasteiger partial charge is 0.223 e. The van der Waals surface area contributed by atoms with E-state index in [9.17, 15) is 13.6 Å². The van der Waals surface area contributed by atoms with Crippen LogP contribution >= 0.6 is 0 Å². The van der Waals surface area contributed by atoms with Gasteiger partial charge in [0, 0.05) is 19.0 Å². The fourth-order valence-corrected chi connectivity index (χ4v) is 2.26. The first kappa shape index (κ1) is 16.6. The molecule has 1 rings (SSSR count). The Hall–Kier alpha value is -1.45. The van der Waals surface area contributed by atoms with Crippen LogP contribution in [-0.4, -0.2) is 16.8 Å². The molecule has 1 atom stereocenters. The zero-order valence-electron chi connectivity index (χ0n) is 12.5. The number of hydrogen-bond acceptors (Lipinski definition) is 1.